The summed E-state index contributed by atoms with van der Waals surface area (Å²) in [6, 6.07) is 64.9. The summed E-state index contributed by atoms with van der Waals surface area (Å²) in [5.74, 6) is 0. The van der Waals surface area contributed by atoms with Crippen molar-refractivity contribution in [1.29, 1.82) is 5.41 Å². The number of benzene rings is 9. The topological polar surface area (TPSA) is 37.0 Å². The first-order valence-electron chi connectivity index (χ1n) is 22.9. The molecule has 1 N–H and O–H groups in total. The number of allylic oxidation sites excluding steroid dienone is 4. The van der Waals surface area contributed by atoms with Crippen LogP contribution in [0.2, 0.25) is 0 Å². The van der Waals surface area contributed by atoms with Crippen LogP contribution in [0.4, 0.5) is 0 Å². The van der Waals surface area contributed by atoms with E-state index in [4.69, 9.17) is 9.83 Å². The summed E-state index contributed by atoms with van der Waals surface area (Å²) in [4.78, 5) is 0. The van der Waals surface area contributed by atoms with Crippen molar-refractivity contribution >= 4 is 65.5 Å². The minimum Gasteiger partial charge on any atom is -0.456 e. The molecule has 312 valence electrons. The maximum absolute atomic E-state index is 8.84. The predicted molar refractivity (Wildman–Crippen MR) is 275 cm³/mol. The predicted octanol–water partition coefficient (Wildman–Crippen LogP) is 17.6. The van der Waals surface area contributed by atoms with Crippen molar-refractivity contribution in [2.24, 2.45) is 0 Å². The zero-order valence-corrected chi connectivity index (χ0v) is 37.4. The molecule has 0 fully saturated rings. The third-order valence-electron chi connectivity index (χ3n) is 13.4. The molecule has 0 spiro atoms. The average Bonchev–Trinajstić information content (AvgIpc) is 3.71. The van der Waals surface area contributed by atoms with Crippen molar-refractivity contribution in [2.75, 3.05) is 0 Å². The van der Waals surface area contributed by atoms with Gasteiger partial charge < -0.3 is 4.42 Å². The number of fused-ring (bicyclic) bond motifs is 11. The molecule has 0 saturated carbocycles. The Kier molecular flexibility index (Phi) is 10.7. The van der Waals surface area contributed by atoms with Crippen LogP contribution in [0.5, 0.6) is 0 Å². The summed E-state index contributed by atoms with van der Waals surface area (Å²) in [6.07, 6.45) is 5.63. The van der Waals surface area contributed by atoms with Crippen LogP contribution in [0.1, 0.15) is 69.2 Å². The molecule has 0 aliphatic heterocycles. The van der Waals surface area contributed by atoms with Gasteiger partial charge in [0.25, 0.3) is 0 Å². The van der Waals surface area contributed by atoms with Crippen molar-refractivity contribution in [1.82, 2.24) is 0 Å². The number of furan rings is 1. The summed E-state index contributed by atoms with van der Waals surface area (Å²) in [5.41, 5.74) is 16.3. The summed E-state index contributed by atoms with van der Waals surface area (Å²) < 4.78 is 6.31. The second-order valence-electron chi connectivity index (χ2n) is 17.5. The first kappa shape index (κ1) is 40.8. The van der Waals surface area contributed by atoms with Crippen molar-refractivity contribution < 1.29 is 4.42 Å². The molecule has 64 heavy (non-hydrogen) atoms. The van der Waals surface area contributed by atoms with Crippen molar-refractivity contribution in [2.45, 2.75) is 59.3 Å². The Labute approximate surface area is 376 Å². The molecule has 1 heterocycles. The minimum atomic E-state index is 0.0618. The van der Waals surface area contributed by atoms with Gasteiger partial charge in [-0.25, -0.2) is 0 Å². The lowest BCUT2D eigenvalue weighted by Crippen LogP contribution is -2.17. The lowest BCUT2D eigenvalue weighted by molar-refractivity contribution is 0.598. The van der Waals surface area contributed by atoms with Crippen LogP contribution >= 0.6 is 0 Å². The summed E-state index contributed by atoms with van der Waals surface area (Å²) in [7, 11) is 0. The summed E-state index contributed by atoms with van der Waals surface area (Å²) in [5, 5.41) is 18.9. The Morgan fingerprint density at radius 3 is 1.83 bits per heavy atom. The smallest absolute Gasteiger partial charge is 0.136 e. The molecule has 0 amide bonds. The normalized spacial score (nSPS) is 14.0. The van der Waals surface area contributed by atoms with Crippen molar-refractivity contribution in [3.63, 3.8) is 0 Å². The van der Waals surface area contributed by atoms with Crippen molar-refractivity contribution in [3.8, 4) is 22.3 Å². The Morgan fingerprint density at radius 1 is 0.516 bits per heavy atom. The Bertz CT molecular complexity index is 3450. The van der Waals surface area contributed by atoms with E-state index in [1.807, 2.05) is 44.2 Å². The van der Waals surface area contributed by atoms with Gasteiger partial charge in [-0.05, 0) is 122 Å². The molecule has 0 atom stereocenters. The first-order valence-corrected chi connectivity index (χ1v) is 22.9. The molecular weight excluding hydrogens is 775 g/mol. The van der Waals surface area contributed by atoms with Gasteiger partial charge in [-0.3, -0.25) is 5.41 Å². The molecule has 10 aromatic rings. The summed E-state index contributed by atoms with van der Waals surface area (Å²) >= 11 is 0. The van der Waals surface area contributed by atoms with E-state index in [-0.39, 0.29) is 5.41 Å². The molecule has 0 unspecified atom stereocenters. The Morgan fingerprint density at radius 2 is 1.11 bits per heavy atom. The molecule has 2 aliphatic rings. The largest absolute Gasteiger partial charge is 0.456 e. The van der Waals surface area contributed by atoms with E-state index in [9.17, 15) is 0 Å². The summed E-state index contributed by atoms with van der Waals surface area (Å²) in [6.45, 7) is 10.8. The van der Waals surface area contributed by atoms with Gasteiger partial charge in [0.1, 0.15) is 11.2 Å². The van der Waals surface area contributed by atoms with Gasteiger partial charge in [-0.1, -0.05) is 203 Å². The number of rotatable bonds is 4. The van der Waals surface area contributed by atoms with E-state index in [1.165, 1.54) is 94.2 Å². The molecule has 2 nitrogen and oxygen atoms in total. The van der Waals surface area contributed by atoms with Crippen LogP contribution in [-0.2, 0) is 5.41 Å². The lowest BCUT2D eigenvalue weighted by atomic mass is 9.79. The number of aryl methyl sites for hydroxylation is 1. The molecule has 2 heteroatoms. The average molecular weight is 828 g/mol. The van der Waals surface area contributed by atoms with E-state index in [1.54, 1.807) is 0 Å². The van der Waals surface area contributed by atoms with Gasteiger partial charge in [0.2, 0.25) is 0 Å². The second-order valence-corrected chi connectivity index (χ2v) is 17.5. The molecule has 1 aromatic heterocycles. The van der Waals surface area contributed by atoms with Crippen LogP contribution in [0, 0.1) is 12.3 Å². The van der Waals surface area contributed by atoms with Gasteiger partial charge >= 0.3 is 0 Å². The maximum atomic E-state index is 8.84. The van der Waals surface area contributed by atoms with Crippen LogP contribution in [0.3, 0.4) is 0 Å². The lowest BCUT2D eigenvalue weighted by Gasteiger charge is -2.24. The molecule has 0 bridgehead atoms. The van der Waals surface area contributed by atoms with Gasteiger partial charge in [0.15, 0.2) is 0 Å². The van der Waals surface area contributed by atoms with E-state index < -0.39 is 0 Å². The van der Waals surface area contributed by atoms with Crippen LogP contribution in [0.25, 0.3) is 82.1 Å². The molecule has 12 rings (SSSR count). The van der Waals surface area contributed by atoms with E-state index in [2.05, 4.69) is 179 Å². The van der Waals surface area contributed by atoms with Gasteiger partial charge in [-0.2, -0.15) is 0 Å². The SMILES string of the molecule is CC.CC1(C)C2=C(C(C(=N)c3ccccc3)=CCCC2)c2ccccc21.Cc1cccc(-c2cccc3oc4ccc(-c5ccc6c7ccccc7c7ccccc7c6c5)cc4c23)c1. The number of hydrogen-bond donors (Lipinski definition) is 1. The van der Waals surface area contributed by atoms with E-state index in [0.29, 0.717) is 5.71 Å². The zero-order valence-electron chi connectivity index (χ0n) is 37.4. The monoisotopic (exact) mass is 827 g/mol. The van der Waals surface area contributed by atoms with Crippen LogP contribution in [-0.4, -0.2) is 5.71 Å². The van der Waals surface area contributed by atoms with Gasteiger partial charge in [-0.15, -0.1) is 0 Å². The Hall–Kier alpha value is -7.29. The van der Waals surface area contributed by atoms with Gasteiger partial charge in [0.05, 0.1) is 5.71 Å². The first-order chi connectivity index (χ1) is 31.3. The molecule has 9 aromatic carbocycles. The molecular formula is C62H53NO. The fourth-order valence-electron chi connectivity index (χ4n) is 10.4. The molecule has 2 aliphatic carbocycles. The fraction of sp³-hybridized carbons (Fsp3) is 0.145. The molecule has 0 saturated heterocycles. The molecule has 0 radical (unpaired) electrons. The maximum Gasteiger partial charge on any atom is 0.136 e. The number of hydrogen-bond acceptors (Lipinski definition) is 2. The third-order valence-corrected chi connectivity index (χ3v) is 13.4. The highest BCUT2D eigenvalue weighted by Crippen LogP contribution is 2.52. The van der Waals surface area contributed by atoms with Crippen molar-refractivity contribution in [3.05, 3.63) is 221 Å². The van der Waals surface area contributed by atoms with Gasteiger partial charge in [0, 0.05) is 27.3 Å². The van der Waals surface area contributed by atoms with E-state index in [0.717, 1.165) is 40.5 Å². The minimum absolute atomic E-state index is 0.0618. The quantitative estimate of drug-likeness (QED) is 0.139. The highest BCUT2D eigenvalue weighted by atomic mass is 16.3. The fourth-order valence-corrected chi connectivity index (χ4v) is 10.4. The van der Waals surface area contributed by atoms with E-state index >= 15 is 0 Å². The standard InChI is InChI=1S/C37H24O.C23H23N.C2H6/c1-23-8-6-9-26(20-23)27-14-7-15-36-37(27)34-22-25(17-19-35(34)38-36)24-16-18-32-30-12-3-2-10-28(30)29-11-4-5-13-31(29)33(32)21-24;1-23(2)19-14-8-6-12-17(19)21-18(13-7-9-15-20(21)23)22(24)16-10-4-3-5-11-16;1-2/h2-22H,1H3;3-6,8,10-14,24H,7,9,15H2,1-2H3;1-2H3. The highest BCUT2D eigenvalue weighted by molar-refractivity contribution is 6.26. The van der Waals surface area contributed by atoms with Crippen LogP contribution in [0.15, 0.2) is 204 Å². The zero-order chi connectivity index (χ0) is 44.0. The second kappa shape index (κ2) is 16.8. The Balaban J connectivity index is 0.000000161. The number of nitrogens with one attached hydrogen (secondary N) is 1. The highest BCUT2D eigenvalue weighted by Gasteiger charge is 2.39. The third kappa shape index (κ3) is 6.95. The van der Waals surface area contributed by atoms with Crippen LogP contribution < -0.4 is 0 Å².